The molecule has 0 aliphatic heterocycles. The lowest BCUT2D eigenvalue weighted by atomic mass is 10.0. The van der Waals surface area contributed by atoms with E-state index in [-0.39, 0.29) is 34.2 Å². The molecule has 0 saturated carbocycles. The quantitative estimate of drug-likeness (QED) is 0.285. The van der Waals surface area contributed by atoms with Crippen LogP contribution in [-0.4, -0.2) is 72.0 Å². The molecule has 0 aliphatic rings. The number of amides is 2. The van der Waals surface area contributed by atoms with Gasteiger partial charge >= 0.3 is 0 Å². The van der Waals surface area contributed by atoms with E-state index in [1.165, 1.54) is 0 Å². The van der Waals surface area contributed by atoms with E-state index < -0.39 is 17.4 Å². The molecular formula is C24H44N6O5. The molecule has 1 aromatic heterocycles. The zero-order chi connectivity index (χ0) is 26.9. The van der Waals surface area contributed by atoms with E-state index in [1.807, 2.05) is 48.5 Å². The van der Waals surface area contributed by atoms with E-state index in [9.17, 15) is 9.59 Å². The summed E-state index contributed by atoms with van der Waals surface area (Å²) >= 11 is 0. The van der Waals surface area contributed by atoms with Crippen LogP contribution in [0.2, 0.25) is 0 Å². The first kappa shape index (κ1) is 30.5. The van der Waals surface area contributed by atoms with Gasteiger partial charge in [0.2, 0.25) is 0 Å². The normalized spacial score (nSPS) is 12.5. The van der Waals surface area contributed by atoms with Crippen molar-refractivity contribution in [1.82, 2.24) is 20.6 Å². The van der Waals surface area contributed by atoms with Gasteiger partial charge in [0.1, 0.15) is 0 Å². The highest BCUT2D eigenvalue weighted by Gasteiger charge is 2.24. The van der Waals surface area contributed by atoms with Crippen molar-refractivity contribution in [3.05, 3.63) is 11.4 Å². The molecule has 1 rings (SSSR count). The lowest BCUT2D eigenvalue weighted by Gasteiger charge is -2.29. The number of hydrogen-bond acceptors (Lipinski definition) is 9. The maximum atomic E-state index is 12.6. The number of carbonyl (C=O) groups is 2. The molecular weight excluding hydrogens is 452 g/mol. The molecule has 0 radical (unpaired) electrons. The Kier molecular flexibility index (Phi) is 11.3. The van der Waals surface area contributed by atoms with Gasteiger partial charge in [0.15, 0.2) is 23.0 Å². The van der Waals surface area contributed by atoms with Crippen molar-refractivity contribution in [2.24, 2.45) is 0 Å². The number of nitrogen functional groups attached to an aromatic ring is 2. The third kappa shape index (κ3) is 10.7. The molecule has 1 heterocycles. The van der Waals surface area contributed by atoms with Crippen LogP contribution >= 0.6 is 0 Å². The fourth-order valence-corrected chi connectivity index (χ4v) is 3.13. The maximum Gasteiger partial charge on any atom is 0.273 e. The van der Waals surface area contributed by atoms with E-state index in [0.29, 0.717) is 39.1 Å². The van der Waals surface area contributed by atoms with Gasteiger partial charge in [-0.2, -0.15) is 0 Å². The molecule has 0 atom stereocenters. The number of methoxy groups -OCH3 is 1. The largest absolute Gasteiger partial charge is 0.382 e. The molecule has 0 fully saturated rings. The first-order chi connectivity index (χ1) is 16.1. The maximum absolute atomic E-state index is 12.6. The first-order valence-electron chi connectivity index (χ1n) is 12.0. The van der Waals surface area contributed by atoms with Crippen LogP contribution in [0.25, 0.3) is 0 Å². The Labute approximate surface area is 209 Å². The fraction of sp³-hybridized carbons (Fsp3) is 0.750. The molecule has 0 unspecified atom stereocenters. The number of carbonyl (C=O) groups excluding carboxylic acids is 2. The number of nitrogens with zero attached hydrogens (tertiary/aromatic N) is 2. The smallest absolute Gasteiger partial charge is 0.273 e. The molecule has 0 aliphatic carbocycles. The summed E-state index contributed by atoms with van der Waals surface area (Å²) < 4.78 is 17.0. The molecule has 0 saturated heterocycles. The molecule has 11 heteroatoms. The van der Waals surface area contributed by atoms with Crippen LogP contribution in [0.4, 0.5) is 11.6 Å². The Morgan fingerprint density at radius 3 is 1.60 bits per heavy atom. The average molecular weight is 497 g/mol. The number of anilines is 2. The minimum atomic E-state index is -0.525. The van der Waals surface area contributed by atoms with Gasteiger partial charge in [-0.25, -0.2) is 9.97 Å². The van der Waals surface area contributed by atoms with Gasteiger partial charge in [-0.05, 0) is 67.7 Å². The SMILES string of the molecule is CCOC(C)(C)CCNC(=O)c1nc(N)c(C(=O)NCCC(C)(C)OCCC(C)(C)OC)nc1N. The molecule has 6 N–H and O–H groups in total. The predicted molar refractivity (Wildman–Crippen MR) is 136 cm³/mol. The summed E-state index contributed by atoms with van der Waals surface area (Å²) in [4.78, 5) is 33.1. The van der Waals surface area contributed by atoms with Gasteiger partial charge in [-0.3, -0.25) is 9.59 Å². The van der Waals surface area contributed by atoms with Crippen molar-refractivity contribution in [2.45, 2.75) is 84.5 Å². The Balaban J connectivity index is 2.64. The molecule has 2 amide bonds. The van der Waals surface area contributed by atoms with Gasteiger partial charge < -0.3 is 36.3 Å². The van der Waals surface area contributed by atoms with E-state index in [0.717, 1.165) is 6.42 Å². The van der Waals surface area contributed by atoms with Crippen LogP contribution < -0.4 is 22.1 Å². The summed E-state index contributed by atoms with van der Waals surface area (Å²) in [5.41, 5.74) is 10.5. The highest BCUT2D eigenvalue weighted by molar-refractivity contribution is 6.00. The Morgan fingerprint density at radius 1 is 0.771 bits per heavy atom. The third-order valence-corrected chi connectivity index (χ3v) is 5.69. The van der Waals surface area contributed by atoms with Crippen molar-refractivity contribution in [2.75, 3.05) is 44.9 Å². The topological polar surface area (TPSA) is 164 Å². The Bertz CT molecular complexity index is 857. The summed E-state index contributed by atoms with van der Waals surface area (Å²) in [5.74, 6) is -1.39. The second-order valence-corrected chi connectivity index (χ2v) is 10.2. The van der Waals surface area contributed by atoms with Crippen LogP contribution in [0.1, 0.15) is 88.7 Å². The zero-order valence-corrected chi connectivity index (χ0v) is 22.5. The summed E-state index contributed by atoms with van der Waals surface area (Å²) in [6.45, 7) is 15.5. The van der Waals surface area contributed by atoms with Gasteiger partial charge in [0.05, 0.1) is 23.4 Å². The highest BCUT2D eigenvalue weighted by atomic mass is 16.5. The summed E-state index contributed by atoms with van der Waals surface area (Å²) in [6.07, 6.45) is 1.91. The van der Waals surface area contributed by atoms with Gasteiger partial charge in [-0.15, -0.1) is 0 Å². The van der Waals surface area contributed by atoms with Crippen LogP contribution in [0.15, 0.2) is 0 Å². The first-order valence-corrected chi connectivity index (χ1v) is 12.0. The predicted octanol–water partition coefficient (Wildman–Crippen LogP) is 2.31. The van der Waals surface area contributed by atoms with Crippen LogP contribution in [0, 0.1) is 0 Å². The molecule has 11 nitrogen and oxygen atoms in total. The second kappa shape index (κ2) is 13.0. The molecule has 0 bridgehead atoms. The van der Waals surface area contributed by atoms with Gasteiger partial charge in [0, 0.05) is 26.8 Å². The number of ether oxygens (including phenoxy) is 3. The van der Waals surface area contributed by atoms with Crippen LogP contribution in [0.5, 0.6) is 0 Å². The third-order valence-electron chi connectivity index (χ3n) is 5.69. The van der Waals surface area contributed by atoms with Gasteiger partial charge in [-0.1, -0.05) is 0 Å². The number of nitrogens with one attached hydrogen (secondary N) is 2. The van der Waals surface area contributed by atoms with Crippen molar-refractivity contribution < 1.29 is 23.8 Å². The molecule has 35 heavy (non-hydrogen) atoms. The standard InChI is InChI=1S/C24H44N6O5/c1-9-34-23(4,5)10-13-27-20(31)16-18(25)30-17(19(26)29-16)21(32)28-14-11-24(6,7)35-15-12-22(2,3)33-8/h9-15H2,1-8H3,(H2,25,30)(H2,26,29)(H,27,31)(H,28,32). The summed E-state index contributed by atoms with van der Waals surface area (Å²) in [6, 6.07) is 0. The second-order valence-electron chi connectivity index (χ2n) is 10.2. The minimum absolute atomic E-state index is 0.123. The molecule has 0 spiro atoms. The fourth-order valence-electron chi connectivity index (χ4n) is 3.13. The van der Waals surface area contributed by atoms with E-state index in [4.69, 9.17) is 25.7 Å². The van der Waals surface area contributed by atoms with Crippen molar-refractivity contribution >= 4 is 23.5 Å². The zero-order valence-electron chi connectivity index (χ0n) is 22.5. The lowest BCUT2D eigenvalue weighted by molar-refractivity contribution is -0.0605. The van der Waals surface area contributed by atoms with Crippen molar-refractivity contribution in [3.8, 4) is 0 Å². The van der Waals surface area contributed by atoms with Crippen molar-refractivity contribution in [1.29, 1.82) is 0 Å². The van der Waals surface area contributed by atoms with Gasteiger partial charge in [0.25, 0.3) is 11.8 Å². The number of nitrogens with two attached hydrogens (primary N) is 2. The van der Waals surface area contributed by atoms with E-state index in [2.05, 4.69) is 20.6 Å². The molecule has 1 aromatic rings. The van der Waals surface area contributed by atoms with Crippen molar-refractivity contribution in [3.63, 3.8) is 0 Å². The van der Waals surface area contributed by atoms with Crippen LogP contribution in [0.3, 0.4) is 0 Å². The highest BCUT2D eigenvalue weighted by Crippen LogP contribution is 2.19. The molecule has 200 valence electrons. The summed E-state index contributed by atoms with van der Waals surface area (Å²) in [7, 11) is 1.67. The number of aromatic nitrogens is 2. The lowest BCUT2D eigenvalue weighted by Crippen LogP contribution is -2.36. The minimum Gasteiger partial charge on any atom is -0.382 e. The molecule has 0 aromatic carbocycles. The monoisotopic (exact) mass is 496 g/mol. The van der Waals surface area contributed by atoms with Crippen LogP contribution in [-0.2, 0) is 14.2 Å². The average Bonchev–Trinajstić information content (AvgIpc) is 2.74. The van der Waals surface area contributed by atoms with E-state index in [1.54, 1.807) is 7.11 Å². The number of hydrogen-bond donors (Lipinski definition) is 4. The Hall–Kier alpha value is -2.50. The summed E-state index contributed by atoms with van der Waals surface area (Å²) in [5, 5.41) is 5.49. The number of rotatable bonds is 15. The Morgan fingerprint density at radius 2 is 1.20 bits per heavy atom. The van der Waals surface area contributed by atoms with E-state index >= 15 is 0 Å².